The number of amides is 2. The minimum atomic E-state index is -0.282. The molecule has 0 saturated heterocycles. The molecule has 6 nitrogen and oxygen atoms in total. The summed E-state index contributed by atoms with van der Waals surface area (Å²) in [5, 5.41) is 8.74. The van der Waals surface area contributed by atoms with Gasteiger partial charge < -0.3 is 20.7 Å². The molecule has 0 bridgehead atoms. The molecule has 0 spiro atoms. The molecule has 0 saturated carbocycles. The molecule has 0 radical (unpaired) electrons. The maximum Gasteiger partial charge on any atom is 0.251 e. The molecule has 29 heavy (non-hydrogen) atoms. The Balaban J connectivity index is 1.65. The molecular weight excluding hydrogens is 390 g/mol. The predicted octanol–water partition coefficient (Wildman–Crippen LogP) is 4.54. The molecule has 0 fully saturated rings. The van der Waals surface area contributed by atoms with Gasteiger partial charge in [0.25, 0.3) is 5.91 Å². The minimum absolute atomic E-state index is 0.0312. The molecule has 3 aromatic carbocycles. The van der Waals surface area contributed by atoms with E-state index in [1.54, 1.807) is 37.4 Å². The molecule has 0 unspecified atom stereocenters. The van der Waals surface area contributed by atoms with Gasteiger partial charge in [-0.2, -0.15) is 0 Å². The van der Waals surface area contributed by atoms with E-state index in [0.717, 1.165) is 0 Å². The van der Waals surface area contributed by atoms with Crippen molar-refractivity contribution in [3.05, 3.63) is 83.4 Å². The normalized spacial score (nSPS) is 10.1. The molecule has 0 aliphatic rings. The molecule has 7 heteroatoms. The highest BCUT2D eigenvalue weighted by Gasteiger charge is 2.11. The Bertz CT molecular complexity index is 1010. The van der Waals surface area contributed by atoms with Gasteiger partial charge in [-0.25, -0.2) is 0 Å². The molecule has 0 atom stereocenters. The van der Waals surface area contributed by atoms with E-state index in [2.05, 4.69) is 16.0 Å². The van der Waals surface area contributed by atoms with Crippen LogP contribution in [0.5, 0.6) is 11.5 Å². The third kappa shape index (κ3) is 5.49. The smallest absolute Gasteiger partial charge is 0.251 e. The maximum absolute atomic E-state index is 12.4. The van der Waals surface area contributed by atoms with Crippen molar-refractivity contribution >= 4 is 34.8 Å². The zero-order chi connectivity index (χ0) is 20.6. The summed E-state index contributed by atoms with van der Waals surface area (Å²) in [6.45, 7) is -0.0312. The number of ether oxygens (including phenoxy) is 1. The molecule has 2 amide bonds. The highest BCUT2D eigenvalue weighted by atomic mass is 35.5. The first-order valence-electron chi connectivity index (χ1n) is 8.94. The quantitative estimate of drug-likeness (QED) is 0.535. The van der Waals surface area contributed by atoms with Crippen LogP contribution in [-0.4, -0.2) is 25.4 Å². The van der Waals surface area contributed by atoms with E-state index in [0.29, 0.717) is 33.5 Å². The van der Waals surface area contributed by atoms with E-state index in [1.807, 2.05) is 42.5 Å². The van der Waals surface area contributed by atoms with Gasteiger partial charge in [-0.15, -0.1) is 0 Å². The fraction of sp³-hybridized carbons (Fsp3) is 0.0909. The molecule has 3 rings (SSSR count). The van der Waals surface area contributed by atoms with Gasteiger partial charge in [-0.3, -0.25) is 9.59 Å². The maximum atomic E-state index is 12.4. The third-order valence-corrected chi connectivity index (χ3v) is 4.36. The SMILES string of the molecule is CNC(=O)c1ccc(Cl)c(NCC(=O)Nc2ccccc2Oc2ccccc2)c1. The van der Waals surface area contributed by atoms with Gasteiger partial charge in [0.15, 0.2) is 5.75 Å². The number of carbonyl (C=O) groups is 2. The van der Waals surface area contributed by atoms with Crippen molar-refractivity contribution in [3.8, 4) is 11.5 Å². The van der Waals surface area contributed by atoms with Crippen LogP contribution in [0.3, 0.4) is 0 Å². The molecule has 0 aliphatic carbocycles. The number of carbonyl (C=O) groups excluding carboxylic acids is 2. The standard InChI is InChI=1S/C22H20ClN3O3/c1-24-22(28)15-11-12-17(23)19(13-15)25-14-21(27)26-18-9-5-6-10-20(18)29-16-7-3-2-4-8-16/h2-13,25H,14H2,1H3,(H,24,28)(H,26,27). The van der Waals surface area contributed by atoms with Crippen LogP contribution in [0.2, 0.25) is 5.02 Å². The Kier molecular flexibility index (Phi) is 6.71. The zero-order valence-corrected chi connectivity index (χ0v) is 16.5. The van der Waals surface area contributed by atoms with Crippen molar-refractivity contribution in [1.29, 1.82) is 0 Å². The first-order valence-corrected chi connectivity index (χ1v) is 9.32. The fourth-order valence-electron chi connectivity index (χ4n) is 2.59. The van der Waals surface area contributed by atoms with Crippen molar-refractivity contribution in [2.75, 3.05) is 24.2 Å². The lowest BCUT2D eigenvalue weighted by atomic mass is 10.2. The molecule has 0 heterocycles. The lowest BCUT2D eigenvalue weighted by molar-refractivity contribution is -0.114. The topological polar surface area (TPSA) is 79.5 Å². The van der Waals surface area contributed by atoms with E-state index >= 15 is 0 Å². The molecule has 0 aromatic heterocycles. The molecule has 3 aromatic rings. The first-order chi connectivity index (χ1) is 14.1. The summed E-state index contributed by atoms with van der Waals surface area (Å²) in [4.78, 5) is 24.2. The zero-order valence-electron chi connectivity index (χ0n) is 15.7. The van der Waals surface area contributed by atoms with Gasteiger partial charge in [-0.05, 0) is 42.5 Å². The first kappa shape index (κ1) is 20.2. The Morgan fingerprint density at radius 3 is 2.41 bits per heavy atom. The van der Waals surface area contributed by atoms with Crippen LogP contribution < -0.4 is 20.7 Å². The number of hydrogen-bond donors (Lipinski definition) is 3. The molecular formula is C22H20ClN3O3. The average Bonchev–Trinajstić information content (AvgIpc) is 2.74. The van der Waals surface area contributed by atoms with Gasteiger partial charge in [0.2, 0.25) is 5.91 Å². The monoisotopic (exact) mass is 409 g/mol. The Labute approximate surface area is 173 Å². The van der Waals surface area contributed by atoms with Crippen molar-refractivity contribution in [2.45, 2.75) is 0 Å². The summed E-state index contributed by atoms with van der Waals surface area (Å²) >= 11 is 6.16. The van der Waals surface area contributed by atoms with Gasteiger partial charge in [0.1, 0.15) is 5.75 Å². The second-order valence-corrected chi connectivity index (χ2v) is 6.49. The van der Waals surface area contributed by atoms with E-state index in [4.69, 9.17) is 16.3 Å². The van der Waals surface area contributed by atoms with Crippen molar-refractivity contribution in [3.63, 3.8) is 0 Å². The number of rotatable bonds is 7. The number of hydrogen-bond acceptors (Lipinski definition) is 4. The summed E-state index contributed by atoms with van der Waals surface area (Å²) in [6, 6.07) is 21.3. The van der Waals surface area contributed by atoms with Gasteiger partial charge in [-0.1, -0.05) is 41.9 Å². The van der Waals surface area contributed by atoms with Crippen LogP contribution in [-0.2, 0) is 4.79 Å². The number of anilines is 2. The van der Waals surface area contributed by atoms with Crippen LogP contribution in [0.25, 0.3) is 0 Å². The Morgan fingerprint density at radius 1 is 0.931 bits per heavy atom. The third-order valence-electron chi connectivity index (χ3n) is 4.03. The summed E-state index contributed by atoms with van der Waals surface area (Å²) < 4.78 is 5.85. The lowest BCUT2D eigenvalue weighted by Crippen LogP contribution is -2.22. The summed E-state index contributed by atoms with van der Waals surface area (Å²) in [5.41, 5.74) is 1.49. The van der Waals surface area contributed by atoms with Crippen LogP contribution in [0.4, 0.5) is 11.4 Å². The molecule has 0 aliphatic heterocycles. The summed E-state index contributed by atoms with van der Waals surface area (Å²) in [7, 11) is 1.55. The van der Waals surface area contributed by atoms with E-state index in [1.165, 1.54) is 0 Å². The number of benzene rings is 3. The number of nitrogens with one attached hydrogen (secondary N) is 3. The summed E-state index contributed by atoms with van der Waals surface area (Å²) in [6.07, 6.45) is 0. The van der Waals surface area contributed by atoms with E-state index in [9.17, 15) is 9.59 Å². The van der Waals surface area contributed by atoms with Crippen LogP contribution in [0.1, 0.15) is 10.4 Å². The molecule has 3 N–H and O–H groups in total. The lowest BCUT2D eigenvalue weighted by Gasteiger charge is -2.13. The molecule has 148 valence electrons. The highest BCUT2D eigenvalue weighted by Crippen LogP contribution is 2.29. The van der Waals surface area contributed by atoms with Gasteiger partial charge in [0, 0.05) is 12.6 Å². The Hall–Kier alpha value is -3.51. The number of halogens is 1. The number of para-hydroxylation sites is 3. The highest BCUT2D eigenvalue weighted by molar-refractivity contribution is 6.33. The summed E-state index contributed by atoms with van der Waals surface area (Å²) in [5.74, 6) is 0.688. The van der Waals surface area contributed by atoms with Crippen LogP contribution in [0, 0.1) is 0 Å². The second-order valence-electron chi connectivity index (χ2n) is 6.09. The van der Waals surface area contributed by atoms with E-state index in [-0.39, 0.29) is 18.4 Å². The Morgan fingerprint density at radius 2 is 1.66 bits per heavy atom. The van der Waals surface area contributed by atoms with Crippen LogP contribution in [0.15, 0.2) is 72.8 Å². The van der Waals surface area contributed by atoms with Crippen LogP contribution >= 0.6 is 11.6 Å². The van der Waals surface area contributed by atoms with Crippen molar-refractivity contribution < 1.29 is 14.3 Å². The van der Waals surface area contributed by atoms with E-state index < -0.39 is 0 Å². The second kappa shape index (κ2) is 9.61. The fourth-order valence-corrected chi connectivity index (χ4v) is 2.78. The average molecular weight is 410 g/mol. The van der Waals surface area contributed by atoms with Crippen molar-refractivity contribution in [1.82, 2.24) is 5.32 Å². The predicted molar refractivity (Wildman–Crippen MR) is 115 cm³/mol. The minimum Gasteiger partial charge on any atom is -0.455 e. The largest absolute Gasteiger partial charge is 0.455 e. The van der Waals surface area contributed by atoms with Crippen molar-refractivity contribution in [2.24, 2.45) is 0 Å². The van der Waals surface area contributed by atoms with Gasteiger partial charge >= 0.3 is 0 Å². The van der Waals surface area contributed by atoms with Gasteiger partial charge in [0.05, 0.1) is 22.9 Å².